The molecule has 0 bridgehead atoms. The van der Waals surface area contributed by atoms with Crippen LogP contribution in [0.25, 0.3) is 0 Å². The van der Waals surface area contributed by atoms with Crippen LogP contribution < -0.4 is 0 Å². The Labute approximate surface area is 97.9 Å². The van der Waals surface area contributed by atoms with Crippen molar-refractivity contribution in [1.29, 1.82) is 5.26 Å². The molecule has 1 amide bonds. The maximum atomic E-state index is 12.3. The summed E-state index contributed by atoms with van der Waals surface area (Å²) in [6.45, 7) is 7.70. The van der Waals surface area contributed by atoms with Crippen LogP contribution in [0.2, 0.25) is 0 Å². The van der Waals surface area contributed by atoms with Crippen molar-refractivity contribution in [3.05, 3.63) is 0 Å². The Bertz CT molecular complexity index is 265. The average molecular weight is 226 g/mol. The first kappa shape index (κ1) is 14.9. The number of aliphatic hydroxyl groups is 1. The summed E-state index contributed by atoms with van der Waals surface area (Å²) in [4.78, 5) is 13.9. The van der Waals surface area contributed by atoms with Crippen LogP contribution >= 0.6 is 0 Å². The molecule has 4 heteroatoms. The molecule has 0 rings (SSSR count). The van der Waals surface area contributed by atoms with E-state index in [0.29, 0.717) is 19.4 Å². The second-order valence-corrected chi connectivity index (χ2v) is 4.22. The highest BCUT2D eigenvalue weighted by Gasteiger charge is 2.38. The van der Waals surface area contributed by atoms with Gasteiger partial charge < -0.3 is 10.0 Å². The van der Waals surface area contributed by atoms with E-state index in [2.05, 4.69) is 6.07 Å². The SMILES string of the molecule is CCC(C#N)(CC)C(=O)N(CCO)C(C)C. The minimum atomic E-state index is -0.931. The standard InChI is InChI=1S/C12H22N2O2/c1-5-12(6-2,9-13)11(16)14(7-8-15)10(3)4/h10,15H,5-8H2,1-4H3. The molecule has 0 atom stereocenters. The van der Waals surface area contributed by atoms with Gasteiger partial charge in [-0.2, -0.15) is 5.26 Å². The maximum Gasteiger partial charge on any atom is 0.243 e. The van der Waals surface area contributed by atoms with Crippen LogP contribution in [0.4, 0.5) is 0 Å². The Balaban J connectivity index is 5.04. The van der Waals surface area contributed by atoms with Gasteiger partial charge in [-0.1, -0.05) is 13.8 Å². The average Bonchev–Trinajstić information content (AvgIpc) is 2.28. The Morgan fingerprint density at radius 2 is 1.94 bits per heavy atom. The summed E-state index contributed by atoms with van der Waals surface area (Å²) in [7, 11) is 0. The molecule has 0 aliphatic rings. The number of rotatable bonds is 6. The molecule has 0 aromatic carbocycles. The summed E-state index contributed by atoms with van der Waals surface area (Å²) in [6.07, 6.45) is 1.01. The van der Waals surface area contributed by atoms with Crippen molar-refractivity contribution in [1.82, 2.24) is 4.90 Å². The lowest BCUT2D eigenvalue weighted by Crippen LogP contribution is -2.47. The quantitative estimate of drug-likeness (QED) is 0.747. The summed E-state index contributed by atoms with van der Waals surface area (Å²) < 4.78 is 0. The van der Waals surface area contributed by atoms with Crippen molar-refractivity contribution < 1.29 is 9.90 Å². The number of carbonyl (C=O) groups excluding carboxylic acids is 1. The zero-order valence-corrected chi connectivity index (χ0v) is 10.7. The summed E-state index contributed by atoms with van der Waals surface area (Å²) >= 11 is 0. The van der Waals surface area contributed by atoms with Crippen molar-refractivity contribution in [2.75, 3.05) is 13.2 Å². The topological polar surface area (TPSA) is 64.3 Å². The molecule has 0 aromatic rings. The Morgan fingerprint density at radius 3 is 2.19 bits per heavy atom. The first-order valence-corrected chi connectivity index (χ1v) is 5.82. The van der Waals surface area contributed by atoms with E-state index < -0.39 is 5.41 Å². The van der Waals surface area contributed by atoms with Gasteiger partial charge in [-0.3, -0.25) is 4.79 Å². The van der Waals surface area contributed by atoms with E-state index in [1.807, 2.05) is 27.7 Å². The highest BCUT2D eigenvalue weighted by Crippen LogP contribution is 2.28. The molecule has 0 heterocycles. The van der Waals surface area contributed by atoms with Gasteiger partial charge in [0.05, 0.1) is 12.7 Å². The molecule has 4 nitrogen and oxygen atoms in total. The monoisotopic (exact) mass is 226 g/mol. The molecule has 0 radical (unpaired) electrons. The third-order valence-electron chi connectivity index (χ3n) is 3.06. The first-order chi connectivity index (χ1) is 7.48. The normalized spacial score (nSPS) is 11.3. The third kappa shape index (κ3) is 2.96. The lowest BCUT2D eigenvalue weighted by Gasteiger charge is -2.33. The van der Waals surface area contributed by atoms with E-state index in [0.717, 1.165) is 0 Å². The molecule has 1 N–H and O–H groups in total. The number of hydrogen-bond acceptors (Lipinski definition) is 3. The molecule has 0 saturated heterocycles. The zero-order chi connectivity index (χ0) is 12.8. The van der Waals surface area contributed by atoms with Gasteiger partial charge in [0.25, 0.3) is 0 Å². The second kappa shape index (κ2) is 6.49. The molecular weight excluding hydrogens is 204 g/mol. The summed E-state index contributed by atoms with van der Waals surface area (Å²) in [5.74, 6) is -0.163. The Hall–Kier alpha value is -1.08. The minimum absolute atomic E-state index is 0.00507. The lowest BCUT2D eigenvalue weighted by atomic mass is 9.82. The Kier molecular flexibility index (Phi) is 6.05. The number of amides is 1. The largest absolute Gasteiger partial charge is 0.395 e. The van der Waals surface area contributed by atoms with Gasteiger partial charge in [-0.15, -0.1) is 0 Å². The lowest BCUT2D eigenvalue weighted by molar-refractivity contribution is -0.141. The maximum absolute atomic E-state index is 12.3. The highest BCUT2D eigenvalue weighted by atomic mass is 16.3. The van der Waals surface area contributed by atoms with E-state index in [4.69, 9.17) is 5.11 Å². The van der Waals surface area contributed by atoms with Crippen LogP contribution in [0.1, 0.15) is 40.5 Å². The number of nitriles is 1. The fourth-order valence-electron chi connectivity index (χ4n) is 1.74. The fourth-order valence-corrected chi connectivity index (χ4v) is 1.74. The third-order valence-corrected chi connectivity index (χ3v) is 3.06. The predicted octanol–water partition coefficient (Wildman–Crippen LogP) is 1.55. The van der Waals surface area contributed by atoms with Gasteiger partial charge in [0.15, 0.2) is 0 Å². The van der Waals surface area contributed by atoms with Gasteiger partial charge in [0.1, 0.15) is 5.41 Å². The van der Waals surface area contributed by atoms with E-state index in [1.54, 1.807) is 4.90 Å². The van der Waals surface area contributed by atoms with E-state index in [1.165, 1.54) is 0 Å². The van der Waals surface area contributed by atoms with Crippen LogP contribution in [-0.4, -0.2) is 35.1 Å². The van der Waals surface area contributed by atoms with Crippen LogP contribution in [0.15, 0.2) is 0 Å². The fraction of sp³-hybridized carbons (Fsp3) is 0.833. The van der Waals surface area contributed by atoms with Gasteiger partial charge in [-0.05, 0) is 26.7 Å². The number of hydrogen-bond donors (Lipinski definition) is 1. The number of aliphatic hydroxyl groups excluding tert-OH is 1. The highest BCUT2D eigenvalue weighted by molar-refractivity contribution is 5.85. The molecule has 0 unspecified atom stereocenters. The van der Waals surface area contributed by atoms with Crippen molar-refractivity contribution in [2.24, 2.45) is 5.41 Å². The van der Waals surface area contributed by atoms with Crippen molar-refractivity contribution in [3.8, 4) is 6.07 Å². The van der Waals surface area contributed by atoms with Crippen LogP contribution in [0, 0.1) is 16.7 Å². The van der Waals surface area contributed by atoms with Crippen molar-refractivity contribution in [2.45, 2.75) is 46.6 Å². The summed E-state index contributed by atoms with van der Waals surface area (Å²) in [6, 6.07) is 2.14. The molecular formula is C12H22N2O2. The second-order valence-electron chi connectivity index (χ2n) is 4.22. The molecule has 0 aromatic heterocycles. The van der Waals surface area contributed by atoms with Crippen LogP contribution in [-0.2, 0) is 4.79 Å². The molecule has 16 heavy (non-hydrogen) atoms. The summed E-state index contributed by atoms with van der Waals surface area (Å²) in [5, 5.41) is 18.1. The minimum Gasteiger partial charge on any atom is -0.395 e. The number of nitrogens with zero attached hydrogens (tertiary/aromatic N) is 2. The van der Waals surface area contributed by atoms with Crippen molar-refractivity contribution in [3.63, 3.8) is 0 Å². The predicted molar refractivity (Wildman–Crippen MR) is 62.6 cm³/mol. The van der Waals surface area contributed by atoms with Gasteiger partial charge >= 0.3 is 0 Å². The van der Waals surface area contributed by atoms with Gasteiger partial charge in [0.2, 0.25) is 5.91 Å². The molecule has 0 saturated carbocycles. The van der Waals surface area contributed by atoms with E-state index in [9.17, 15) is 10.1 Å². The molecule has 0 aliphatic carbocycles. The van der Waals surface area contributed by atoms with E-state index >= 15 is 0 Å². The van der Waals surface area contributed by atoms with Crippen LogP contribution in [0.5, 0.6) is 0 Å². The van der Waals surface area contributed by atoms with Gasteiger partial charge in [-0.25, -0.2) is 0 Å². The van der Waals surface area contributed by atoms with Gasteiger partial charge in [0, 0.05) is 12.6 Å². The number of carbonyl (C=O) groups is 1. The van der Waals surface area contributed by atoms with Crippen molar-refractivity contribution >= 4 is 5.91 Å². The smallest absolute Gasteiger partial charge is 0.243 e. The van der Waals surface area contributed by atoms with Crippen LogP contribution in [0.3, 0.4) is 0 Å². The first-order valence-electron chi connectivity index (χ1n) is 5.82. The molecule has 0 aliphatic heterocycles. The molecule has 92 valence electrons. The van der Waals surface area contributed by atoms with E-state index in [-0.39, 0.29) is 18.6 Å². The molecule has 0 fully saturated rings. The summed E-state index contributed by atoms with van der Waals surface area (Å²) in [5.41, 5.74) is -0.931. The zero-order valence-electron chi connectivity index (χ0n) is 10.7. The molecule has 0 spiro atoms. The Morgan fingerprint density at radius 1 is 1.44 bits per heavy atom.